The number of hydrogen-bond donors (Lipinski definition) is 2. The molecule has 2 aliphatic rings. The van der Waals surface area contributed by atoms with Crippen LogP contribution in [0.15, 0.2) is 36.4 Å². The number of ether oxygens (including phenoxy) is 6. The van der Waals surface area contributed by atoms with Gasteiger partial charge in [0.25, 0.3) is 0 Å². The molecule has 0 amide bonds. The monoisotopic (exact) mass is 389 g/mol. The van der Waals surface area contributed by atoms with Gasteiger partial charge in [0.2, 0.25) is 13.6 Å². The van der Waals surface area contributed by atoms with Crippen molar-refractivity contribution in [2.24, 2.45) is 0 Å². The Labute approximate surface area is 162 Å². The molecule has 0 unspecified atom stereocenters. The maximum absolute atomic E-state index is 11.2. The van der Waals surface area contributed by atoms with Crippen LogP contribution >= 0.6 is 0 Å². The smallest absolute Gasteiger partial charge is 0.231 e. The number of aliphatic hydroxyl groups is 1. The highest BCUT2D eigenvalue weighted by Crippen LogP contribution is 2.40. The van der Waals surface area contributed by atoms with E-state index in [1.165, 1.54) is 0 Å². The lowest BCUT2D eigenvalue weighted by molar-refractivity contribution is -0.101. The zero-order valence-corrected chi connectivity index (χ0v) is 15.7. The van der Waals surface area contributed by atoms with E-state index in [0.29, 0.717) is 35.1 Å². The Morgan fingerprint density at radius 3 is 2.00 bits per heavy atom. The van der Waals surface area contributed by atoms with Crippen molar-refractivity contribution in [3.8, 4) is 23.0 Å². The molecule has 2 aromatic carbocycles. The lowest BCUT2D eigenvalue weighted by Gasteiger charge is -2.27. The number of rotatable bonds is 8. The first-order valence-corrected chi connectivity index (χ1v) is 8.95. The van der Waals surface area contributed by atoms with E-state index >= 15 is 0 Å². The predicted molar refractivity (Wildman–Crippen MR) is 98.6 cm³/mol. The molecule has 0 radical (unpaired) electrons. The van der Waals surface area contributed by atoms with E-state index in [-0.39, 0.29) is 13.6 Å². The van der Waals surface area contributed by atoms with Crippen LogP contribution in [0.25, 0.3) is 0 Å². The van der Waals surface area contributed by atoms with Gasteiger partial charge in [-0.1, -0.05) is 12.1 Å². The van der Waals surface area contributed by atoms with Gasteiger partial charge in [0.15, 0.2) is 29.3 Å². The lowest BCUT2D eigenvalue weighted by atomic mass is 9.95. The van der Waals surface area contributed by atoms with E-state index in [1.54, 1.807) is 26.4 Å². The van der Waals surface area contributed by atoms with Crippen LogP contribution in [-0.4, -0.2) is 45.7 Å². The van der Waals surface area contributed by atoms with Crippen molar-refractivity contribution in [2.45, 2.75) is 18.4 Å². The lowest BCUT2D eigenvalue weighted by Crippen LogP contribution is -2.35. The van der Waals surface area contributed by atoms with Crippen LogP contribution in [0.2, 0.25) is 0 Å². The maximum Gasteiger partial charge on any atom is 0.231 e. The van der Waals surface area contributed by atoms with E-state index in [0.717, 1.165) is 5.56 Å². The molecule has 0 aromatic heterocycles. The molecule has 150 valence electrons. The third-order valence-corrected chi connectivity index (χ3v) is 4.84. The van der Waals surface area contributed by atoms with E-state index in [1.807, 2.05) is 24.3 Å². The second kappa shape index (κ2) is 8.24. The SMILES string of the molecule is COC(CN[C@@H](c1ccc2c(c1)OCO2)[C@H](O)c1ccc2c(c1)OCO2)OC. The van der Waals surface area contributed by atoms with Gasteiger partial charge in [0.1, 0.15) is 0 Å². The molecule has 8 heteroatoms. The number of nitrogens with one attached hydrogen (secondary N) is 1. The number of hydrogen-bond acceptors (Lipinski definition) is 8. The Morgan fingerprint density at radius 2 is 1.39 bits per heavy atom. The summed E-state index contributed by atoms with van der Waals surface area (Å²) < 4.78 is 32.2. The van der Waals surface area contributed by atoms with Crippen LogP contribution in [0.4, 0.5) is 0 Å². The molecular weight excluding hydrogens is 366 g/mol. The van der Waals surface area contributed by atoms with Gasteiger partial charge in [-0.2, -0.15) is 0 Å². The molecule has 2 atom stereocenters. The van der Waals surface area contributed by atoms with Crippen molar-refractivity contribution < 1.29 is 33.5 Å². The third-order valence-electron chi connectivity index (χ3n) is 4.84. The van der Waals surface area contributed by atoms with Gasteiger partial charge in [-0.15, -0.1) is 0 Å². The molecule has 2 aromatic rings. The van der Waals surface area contributed by atoms with Crippen LogP contribution in [0.1, 0.15) is 23.3 Å². The van der Waals surface area contributed by atoms with Crippen LogP contribution in [0.5, 0.6) is 23.0 Å². The molecule has 2 aliphatic heterocycles. The number of methoxy groups -OCH3 is 2. The van der Waals surface area contributed by atoms with Crippen molar-refractivity contribution in [3.63, 3.8) is 0 Å². The summed E-state index contributed by atoms with van der Waals surface area (Å²) in [5, 5.41) is 14.5. The van der Waals surface area contributed by atoms with E-state index in [2.05, 4.69) is 5.32 Å². The van der Waals surface area contributed by atoms with Crippen molar-refractivity contribution in [1.82, 2.24) is 5.32 Å². The van der Waals surface area contributed by atoms with Gasteiger partial charge in [0, 0.05) is 20.8 Å². The zero-order valence-electron chi connectivity index (χ0n) is 15.7. The van der Waals surface area contributed by atoms with Gasteiger partial charge in [-0.3, -0.25) is 0 Å². The van der Waals surface area contributed by atoms with Crippen molar-refractivity contribution >= 4 is 0 Å². The highest BCUT2D eigenvalue weighted by molar-refractivity contribution is 5.48. The molecule has 0 saturated heterocycles. The Morgan fingerprint density at radius 1 is 0.857 bits per heavy atom. The van der Waals surface area contributed by atoms with Crippen LogP contribution in [0, 0.1) is 0 Å². The molecule has 8 nitrogen and oxygen atoms in total. The summed E-state index contributed by atoms with van der Waals surface area (Å²) in [6.45, 7) is 0.757. The molecule has 0 bridgehead atoms. The average Bonchev–Trinajstić information content (AvgIpc) is 3.38. The summed E-state index contributed by atoms with van der Waals surface area (Å²) in [6, 6.07) is 10.6. The molecule has 0 saturated carbocycles. The Balaban J connectivity index is 1.61. The van der Waals surface area contributed by atoms with Crippen molar-refractivity contribution in [3.05, 3.63) is 47.5 Å². The van der Waals surface area contributed by atoms with Gasteiger partial charge in [-0.25, -0.2) is 0 Å². The van der Waals surface area contributed by atoms with Crippen LogP contribution in [0.3, 0.4) is 0 Å². The molecule has 2 heterocycles. The molecule has 4 rings (SSSR count). The predicted octanol–water partition coefficient (Wildman–Crippen LogP) is 2.13. The second-order valence-electron chi connectivity index (χ2n) is 6.46. The molecule has 28 heavy (non-hydrogen) atoms. The fourth-order valence-corrected chi connectivity index (χ4v) is 3.29. The molecule has 0 spiro atoms. The quantitative estimate of drug-likeness (QED) is 0.664. The largest absolute Gasteiger partial charge is 0.454 e. The first-order valence-electron chi connectivity index (χ1n) is 8.95. The Hall–Kier alpha value is -2.52. The minimum absolute atomic E-state index is 0.183. The summed E-state index contributed by atoms with van der Waals surface area (Å²) >= 11 is 0. The van der Waals surface area contributed by atoms with Crippen LogP contribution < -0.4 is 24.3 Å². The summed E-state index contributed by atoms with van der Waals surface area (Å²) in [5.74, 6) is 2.62. The van der Waals surface area contributed by atoms with Crippen molar-refractivity contribution in [1.29, 1.82) is 0 Å². The third kappa shape index (κ3) is 3.72. The Bertz CT molecular complexity index is 824. The summed E-state index contributed by atoms with van der Waals surface area (Å²) in [6.07, 6.45) is -1.30. The topological polar surface area (TPSA) is 87.6 Å². The molecule has 0 fully saturated rings. The molecule has 0 aliphatic carbocycles. The number of fused-ring (bicyclic) bond motifs is 2. The van der Waals surface area contributed by atoms with Crippen molar-refractivity contribution in [2.75, 3.05) is 34.4 Å². The summed E-state index contributed by atoms with van der Waals surface area (Å²) in [5.41, 5.74) is 1.55. The fourth-order valence-electron chi connectivity index (χ4n) is 3.29. The average molecular weight is 389 g/mol. The zero-order chi connectivity index (χ0) is 19.5. The van der Waals surface area contributed by atoms with E-state index in [4.69, 9.17) is 28.4 Å². The first-order chi connectivity index (χ1) is 13.7. The molecule has 2 N–H and O–H groups in total. The second-order valence-corrected chi connectivity index (χ2v) is 6.46. The van der Waals surface area contributed by atoms with Crippen LogP contribution in [-0.2, 0) is 9.47 Å². The normalized spacial score (nSPS) is 16.4. The molecular formula is C20H23NO7. The highest BCUT2D eigenvalue weighted by Gasteiger charge is 2.27. The maximum atomic E-state index is 11.2. The number of aliphatic hydroxyl groups excluding tert-OH is 1. The fraction of sp³-hybridized carbons (Fsp3) is 0.400. The van der Waals surface area contributed by atoms with Gasteiger partial charge >= 0.3 is 0 Å². The standard InChI is InChI=1S/C20H23NO7/c1-23-18(24-2)9-21-19(12-3-5-14-16(7-12)27-10-25-14)20(22)13-4-6-15-17(8-13)28-11-26-15/h3-8,18-22H,9-11H2,1-2H3/t19-,20+/m0/s1. The van der Waals surface area contributed by atoms with Gasteiger partial charge in [0.05, 0.1) is 12.1 Å². The minimum atomic E-state index is -0.857. The van der Waals surface area contributed by atoms with E-state index < -0.39 is 18.4 Å². The summed E-state index contributed by atoms with van der Waals surface area (Å²) in [7, 11) is 3.14. The minimum Gasteiger partial charge on any atom is -0.454 e. The highest BCUT2D eigenvalue weighted by atomic mass is 16.7. The van der Waals surface area contributed by atoms with Gasteiger partial charge in [-0.05, 0) is 35.4 Å². The summed E-state index contributed by atoms with van der Waals surface area (Å²) in [4.78, 5) is 0. The van der Waals surface area contributed by atoms with Gasteiger partial charge < -0.3 is 38.8 Å². The first kappa shape index (κ1) is 18.8. The number of benzene rings is 2. The Kier molecular flexibility index (Phi) is 5.54. The van der Waals surface area contributed by atoms with E-state index in [9.17, 15) is 5.11 Å².